The molecule has 1 heterocycles. The summed E-state index contributed by atoms with van der Waals surface area (Å²) < 4.78 is 32.0. The van der Waals surface area contributed by atoms with Crippen molar-refractivity contribution < 1.29 is 18.3 Å². The number of rotatable bonds is 2. The fourth-order valence-electron chi connectivity index (χ4n) is 2.51. The molecule has 86 valence electrons. The van der Waals surface area contributed by atoms with Crippen LogP contribution < -0.4 is 0 Å². The fraction of sp³-hybridized carbons (Fsp3) is 0.909. The smallest absolute Gasteiger partial charge is 0.250 e. The van der Waals surface area contributed by atoms with Crippen LogP contribution in [0.3, 0.4) is 0 Å². The van der Waals surface area contributed by atoms with Gasteiger partial charge in [0.25, 0.3) is 5.92 Å². The Morgan fingerprint density at radius 3 is 2.80 bits per heavy atom. The van der Waals surface area contributed by atoms with E-state index in [-0.39, 0.29) is 24.7 Å². The Morgan fingerprint density at radius 2 is 2.20 bits per heavy atom. The highest BCUT2D eigenvalue weighted by molar-refractivity contribution is 5.83. The van der Waals surface area contributed by atoms with E-state index in [1.807, 2.05) is 0 Å². The second-order valence-electron chi connectivity index (χ2n) is 4.62. The quantitative estimate of drug-likeness (QED) is 0.711. The van der Waals surface area contributed by atoms with Crippen molar-refractivity contribution in [3.63, 3.8) is 0 Å². The van der Waals surface area contributed by atoms with Crippen molar-refractivity contribution in [2.24, 2.45) is 11.8 Å². The molecule has 1 saturated heterocycles. The van der Waals surface area contributed by atoms with Crippen molar-refractivity contribution in [1.82, 2.24) is 0 Å². The number of halogens is 2. The Balaban J connectivity index is 1.94. The van der Waals surface area contributed by atoms with E-state index in [9.17, 15) is 13.6 Å². The van der Waals surface area contributed by atoms with Crippen molar-refractivity contribution in [3.8, 4) is 0 Å². The summed E-state index contributed by atoms with van der Waals surface area (Å²) in [5, 5.41) is 0. The minimum Gasteiger partial charge on any atom is -0.373 e. The third-order valence-corrected chi connectivity index (χ3v) is 3.50. The van der Waals surface area contributed by atoms with Gasteiger partial charge < -0.3 is 4.74 Å². The predicted octanol–water partition coefficient (Wildman–Crippen LogP) is 2.42. The molecule has 2 aliphatic rings. The SMILES string of the molecule is O=C1COCC1CC1CCCCC1(F)F. The molecule has 0 bridgehead atoms. The second-order valence-corrected chi connectivity index (χ2v) is 4.62. The Morgan fingerprint density at radius 1 is 1.40 bits per heavy atom. The Hall–Kier alpha value is -0.510. The standard InChI is InChI=1S/C11H16F2O2/c12-11(13)4-2-1-3-9(11)5-8-6-15-7-10(8)14/h8-9H,1-7H2. The van der Waals surface area contributed by atoms with Crippen molar-refractivity contribution >= 4 is 5.78 Å². The first-order valence-electron chi connectivity index (χ1n) is 5.58. The van der Waals surface area contributed by atoms with Gasteiger partial charge in [-0.25, -0.2) is 8.78 Å². The number of hydrogen-bond acceptors (Lipinski definition) is 2. The maximum absolute atomic E-state index is 13.5. The summed E-state index contributed by atoms with van der Waals surface area (Å²) in [5.41, 5.74) is 0. The van der Waals surface area contributed by atoms with E-state index in [2.05, 4.69) is 0 Å². The molecule has 0 N–H and O–H groups in total. The van der Waals surface area contributed by atoms with Gasteiger partial charge in [-0.3, -0.25) is 4.79 Å². The molecule has 2 atom stereocenters. The van der Waals surface area contributed by atoms with Crippen LogP contribution in [0.25, 0.3) is 0 Å². The zero-order valence-electron chi connectivity index (χ0n) is 8.68. The average Bonchev–Trinajstić information content (AvgIpc) is 2.56. The van der Waals surface area contributed by atoms with Crippen LogP contribution in [-0.2, 0) is 9.53 Å². The number of alkyl halides is 2. The Labute approximate surface area is 88.0 Å². The molecule has 0 aromatic heterocycles. The molecule has 15 heavy (non-hydrogen) atoms. The van der Waals surface area contributed by atoms with Gasteiger partial charge >= 0.3 is 0 Å². The van der Waals surface area contributed by atoms with Crippen molar-refractivity contribution in [2.45, 2.75) is 38.0 Å². The van der Waals surface area contributed by atoms with Crippen LogP contribution in [0.15, 0.2) is 0 Å². The van der Waals surface area contributed by atoms with Gasteiger partial charge in [0.2, 0.25) is 0 Å². The lowest BCUT2D eigenvalue weighted by Crippen LogP contribution is -2.34. The molecule has 1 aliphatic carbocycles. The number of carbonyl (C=O) groups excluding carboxylic acids is 1. The lowest BCUT2D eigenvalue weighted by Gasteiger charge is -2.32. The van der Waals surface area contributed by atoms with Crippen LogP contribution in [0, 0.1) is 11.8 Å². The normalized spacial score (nSPS) is 35.7. The topological polar surface area (TPSA) is 26.3 Å². The molecule has 0 amide bonds. The lowest BCUT2D eigenvalue weighted by atomic mass is 9.79. The highest BCUT2D eigenvalue weighted by atomic mass is 19.3. The minimum atomic E-state index is -2.57. The first-order valence-corrected chi connectivity index (χ1v) is 5.58. The second kappa shape index (κ2) is 4.16. The third kappa shape index (κ3) is 2.36. The van der Waals surface area contributed by atoms with Crippen molar-refractivity contribution in [2.75, 3.05) is 13.2 Å². The predicted molar refractivity (Wildman–Crippen MR) is 50.8 cm³/mol. The molecule has 0 radical (unpaired) electrons. The molecule has 2 nitrogen and oxygen atoms in total. The van der Waals surface area contributed by atoms with Crippen molar-refractivity contribution in [3.05, 3.63) is 0 Å². The minimum absolute atomic E-state index is 0.00336. The zero-order chi connectivity index (χ0) is 10.9. The highest BCUT2D eigenvalue weighted by Gasteiger charge is 2.43. The summed E-state index contributed by atoms with van der Waals surface area (Å²) in [6.45, 7) is 0.453. The summed E-state index contributed by atoms with van der Waals surface area (Å²) in [4.78, 5) is 11.3. The molecular formula is C11H16F2O2. The van der Waals surface area contributed by atoms with Crippen LogP contribution in [0.4, 0.5) is 8.78 Å². The van der Waals surface area contributed by atoms with Crippen LogP contribution >= 0.6 is 0 Å². The maximum Gasteiger partial charge on any atom is 0.250 e. The molecule has 4 heteroatoms. The molecule has 0 spiro atoms. The molecule has 1 aliphatic heterocycles. The molecule has 0 aromatic carbocycles. The zero-order valence-corrected chi connectivity index (χ0v) is 8.68. The average molecular weight is 218 g/mol. The van der Waals surface area contributed by atoms with E-state index in [1.165, 1.54) is 0 Å². The molecule has 0 aromatic rings. The fourth-order valence-corrected chi connectivity index (χ4v) is 2.51. The monoisotopic (exact) mass is 218 g/mol. The summed E-state index contributed by atoms with van der Waals surface area (Å²) in [6, 6.07) is 0. The van der Waals surface area contributed by atoms with E-state index < -0.39 is 11.8 Å². The number of hydrogen-bond donors (Lipinski definition) is 0. The van der Waals surface area contributed by atoms with Gasteiger partial charge in [0.1, 0.15) is 6.61 Å². The largest absolute Gasteiger partial charge is 0.373 e. The van der Waals surface area contributed by atoms with E-state index in [0.717, 1.165) is 6.42 Å². The summed E-state index contributed by atoms with van der Waals surface area (Å²) in [5.74, 6) is -3.46. The van der Waals surface area contributed by atoms with Gasteiger partial charge in [0.05, 0.1) is 6.61 Å². The van der Waals surface area contributed by atoms with Gasteiger partial charge in [-0.1, -0.05) is 6.42 Å². The van der Waals surface area contributed by atoms with Crippen LogP contribution in [0.2, 0.25) is 0 Å². The van der Waals surface area contributed by atoms with Gasteiger partial charge in [-0.05, 0) is 19.3 Å². The number of carbonyl (C=O) groups is 1. The molecule has 2 rings (SSSR count). The van der Waals surface area contributed by atoms with Gasteiger partial charge in [-0.2, -0.15) is 0 Å². The van der Waals surface area contributed by atoms with Crippen molar-refractivity contribution in [1.29, 1.82) is 0 Å². The molecule has 2 unspecified atom stereocenters. The van der Waals surface area contributed by atoms with Crippen LogP contribution in [-0.4, -0.2) is 24.9 Å². The lowest BCUT2D eigenvalue weighted by molar-refractivity contribution is -0.123. The van der Waals surface area contributed by atoms with Gasteiger partial charge in [-0.15, -0.1) is 0 Å². The number of ketones is 1. The molecule has 2 fully saturated rings. The van der Waals surface area contributed by atoms with Gasteiger partial charge in [0, 0.05) is 18.3 Å². The number of Topliss-reactive ketones (excluding diaryl/α,β-unsaturated/α-hetero) is 1. The Bertz CT molecular complexity index is 253. The van der Waals surface area contributed by atoms with E-state index in [0.29, 0.717) is 25.9 Å². The van der Waals surface area contributed by atoms with Gasteiger partial charge in [0.15, 0.2) is 5.78 Å². The molecular weight excluding hydrogens is 202 g/mol. The van der Waals surface area contributed by atoms with E-state index in [1.54, 1.807) is 0 Å². The highest BCUT2D eigenvalue weighted by Crippen LogP contribution is 2.42. The molecule has 1 saturated carbocycles. The first-order chi connectivity index (χ1) is 7.09. The van der Waals surface area contributed by atoms with Crippen LogP contribution in [0.1, 0.15) is 32.1 Å². The summed E-state index contributed by atoms with van der Waals surface area (Å²) >= 11 is 0. The number of ether oxygens (including phenoxy) is 1. The third-order valence-electron chi connectivity index (χ3n) is 3.50. The van der Waals surface area contributed by atoms with E-state index >= 15 is 0 Å². The first kappa shape index (κ1) is 11.0. The van der Waals surface area contributed by atoms with Crippen LogP contribution in [0.5, 0.6) is 0 Å². The summed E-state index contributed by atoms with van der Waals surface area (Å²) in [7, 11) is 0. The van der Waals surface area contributed by atoms with E-state index in [4.69, 9.17) is 4.74 Å². The maximum atomic E-state index is 13.5. The Kier molecular flexibility index (Phi) is 3.05. The summed E-state index contributed by atoms with van der Waals surface area (Å²) in [6.07, 6.45) is 2.32.